The van der Waals surface area contributed by atoms with Gasteiger partial charge in [0.25, 0.3) is 0 Å². The molecule has 0 fully saturated rings. The molecule has 5 heteroatoms. The summed E-state index contributed by atoms with van der Waals surface area (Å²) in [7, 11) is 0. The predicted octanol–water partition coefficient (Wildman–Crippen LogP) is 0.115. The van der Waals surface area contributed by atoms with E-state index < -0.39 is 0 Å². The highest BCUT2D eigenvalue weighted by molar-refractivity contribution is 4.88. The number of aliphatic hydroxyl groups is 1. The molecular weight excluding hydrogens is 170 g/mol. The second kappa shape index (κ2) is 4.94. The molecule has 0 aromatic carbocycles. The first-order chi connectivity index (χ1) is 6.27. The molecule has 0 spiro atoms. The van der Waals surface area contributed by atoms with Crippen LogP contribution in [0, 0.1) is 6.92 Å². The van der Waals surface area contributed by atoms with E-state index >= 15 is 0 Å². The van der Waals surface area contributed by atoms with Crippen molar-refractivity contribution in [3.63, 3.8) is 0 Å². The minimum absolute atomic E-state index is 0.0352. The fourth-order valence-electron chi connectivity index (χ4n) is 1.07. The van der Waals surface area contributed by atoms with Gasteiger partial charge >= 0.3 is 0 Å². The molecule has 1 heterocycles. The van der Waals surface area contributed by atoms with E-state index in [0.29, 0.717) is 19.0 Å². The Hall–Kier alpha value is -0.940. The van der Waals surface area contributed by atoms with Gasteiger partial charge in [0.15, 0.2) is 5.82 Å². The van der Waals surface area contributed by atoms with E-state index in [1.54, 1.807) is 0 Å². The first kappa shape index (κ1) is 10.1. The topological polar surface area (TPSA) is 60.2 Å². The molecule has 1 N–H and O–H groups in total. The number of hydrogen-bond acceptors (Lipinski definition) is 4. The monoisotopic (exact) mass is 185 g/mol. The van der Waals surface area contributed by atoms with Crippen molar-refractivity contribution in [2.75, 3.05) is 13.2 Å². The summed E-state index contributed by atoms with van der Waals surface area (Å²) >= 11 is 0. The molecule has 0 radical (unpaired) electrons. The molecule has 0 unspecified atom stereocenters. The van der Waals surface area contributed by atoms with Gasteiger partial charge in [-0.2, -0.15) is 5.10 Å². The Morgan fingerprint density at radius 2 is 2.31 bits per heavy atom. The average Bonchev–Trinajstić information content (AvgIpc) is 2.47. The van der Waals surface area contributed by atoms with E-state index in [-0.39, 0.29) is 6.61 Å². The number of ether oxygens (including phenoxy) is 1. The summed E-state index contributed by atoms with van der Waals surface area (Å²) in [5.74, 6) is 1.57. The first-order valence-corrected chi connectivity index (χ1v) is 4.36. The van der Waals surface area contributed by atoms with Gasteiger partial charge in [0.05, 0.1) is 13.2 Å². The molecule has 74 valence electrons. The van der Waals surface area contributed by atoms with Crippen LogP contribution in [0.1, 0.15) is 18.6 Å². The highest BCUT2D eigenvalue weighted by Gasteiger charge is 2.03. The number of aliphatic hydroxyl groups excluding tert-OH is 1. The largest absolute Gasteiger partial charge is 0.394 e. The fourth-order valence-corrected chi connectivity index (χ4v) is 1.07. The van der Waals surface area contributed by atoms with Gasteiger partial charge in [-0.1, -0.05) is 0 Å². The van der Waals surface area contributed by atoms with E-state index in [0.717, 1.165) is 12.4 Å². The SMILES string of the molecule is CCn1nc(COCCO)nc1C. The smallest absolute Gasteiger partial charge is 0.176 e. The quantitative estimate of drug-likeness (QED) is 0.662. The van der Waals surface area contributed by atoms with Crippen LogP contribution in [-0.2, 0) is 17.9 Å². The van der Waals surface area contributed by atoms with Crippen LogP contribution < -0.4 is 0 Å². The van der Waals surface area contributed by atoms with E-state index in [4.69, 9.17) is 9.84 Å². The molecule has 0 bridgehead atoms. The number of aryl methyl sites for hydroxylation is 2. The summed E-state index contributed by atoms with van der Waals surface area (Å²) in [5, 5.41) is 12.7. The van der Waals surface area contributed by atoms with Crippen molar-refractivity contribution in [3.05, 3.63) is 11.6 Å². The highest BCUT2D eigenvalue weighted by Crippen LogP contribution is 1.98. The fraction of sp³-hybridized carbons (Fsp3) is 0.750. The van der Waals surface area contributed by atoms with Crippen LogP contribution in [-0.4, -0.2) is 33.1 Å². The summed E-state index contributed by atoms with van der Waals surface area (Å²) in [5.41, 5.74) is 0. The third-order valence-corrected chi connectivity index (χ3v) is 1.67. The second-order valence-corrected chi connectivity index (χ2v) is 2.67. The van der Waals surface area contributed by atoms with Gasteiger partial charge in [-0.3, -0.25) is 4.68 Å². The van der Waals surface area contributed by atoms with Crippen LogP contribution in [0.5, 0.6) is 0 Å². The van der Waals surface area contributed by atoms with E-state index in [1.165, 1.54) is 0 Å². The van der Waals surface area contributed by atoms with Gasteiger partial charge < -0.3 is 9.84 Å². The van der Waals surface area contributed by atoms with E-state index in [2.05, 4.69) is 10.1 Å². The predicted molar refractivity (Wildman–Crippen MR) is 47.2 cm³/mol. The van der Waals surface area contributed by atoms with Gasteiger partial charge in [0, 0.05) is 6.54 Å². The molecule has 1 aromatic rings. The summed E-state index contributed by atoms with van der Waals surface area (Å²) < 4.78 is 6.91. The molecule has 0 aliphatic heterocycles. The highest BCUT2D eigenvalue weighted by atomic mass is 16.5. The Kier molecular flexibility index (Phi) is 3.85. The zero-order valence-corrected chi connectivity index (χ0v) is 8.03. The standard InChI is InChI=1S/C8H15N3O2/c1-3-11-7(2)9-8(10-11)6-13-5-4-12/h12H,3-6H2,1-2H3. The minimum Gasteiger partial charge on any atom is -0.394 e. The number of aromatic nitrogens is 3. The van der Waals surface area contributed by atoms with Crippen LogP contribution in [0.25, 0.3) is 0 Å². The maximum Gasteiger partial charge on any atom is 0.176 e. The maximum atomic E-state index is 8.48. The third kappa shape index (κ3) is 2.78. The van der Waals surface area contributed by atoms with Crippen molar-refractivity contribution in [3.8, 4) is 0 Å². The normalized spacial score (nSPS) is 10.7. The Morgan fingerprint density at radius 3 is 2.85 bits per heavy atom. The number of hydrogen-bond donors (Lipinski definition) is 1. The van der Waals surface area contributed by atoms with E-state index in [1.807, 2.05) is 18.5 Å². The molecule has 0 saturated carbocycles. The summed E-state index contributed by atoms with van der Waals surface area (Å²) in [6, 6.07) is 0. The van der Waals surface area contributed by atoms with E-state index in [9.17, 15) is 0 Å². The molecule has 13 heavy (non-hydrogen) atoms. The second-order valence-electron chi connectivity index (χ2n) is 2.67. The molecule has 5 nitrogen and oxygen atoms in total. The van der Waals surface area contributed by atoms with Gasteiger partial charge in [-0.05, 0) is 13.8 Å². The molecule has 1 aromatic heterocycles. The van der Waals surface area contributed by atoms with Crippen molar-refractivity contribution in [2.45, 2.75) is 27.0 Å². The van der Waals surface area contributed by atoms with Gasteiger partial charge in [-0.25, -0.2) is 4.98 Å². The van der Waals surface area contributed by atoms with Gasteiger partial charge in [0.1, 0.15) is 12.4 Å². The van der Waals surface area contributed by atoms with Crippen LogP contribution in [0.2, 0.25) is 0 Å². The molecule has 0 atom stereocenters. The average molecular weight is 185 g/mol. The Morgan fingerprint density at radius 1 is 1.54 bits per heavy atom. The van der Waals surface area contributed by atoms with Gasteiger partial charge in [-0.15, -0.1) is 0 Å². The van der Waals surface area contributed by atoms with Crippen molar-refractivity contribution in [1.82, 2.24) is 14.8 Å². The number of rotatable bonds is 5. The van der Waals surface area contributed by atoms with Crippen LogP contribution in [0.15, 0.2) is 0 Å². The zero-order valence-electron chi connectivity index (χ0n) is 8.03. The molecule has 0 saturated heterocycles. The van der Waals surface area contributed by atoms with Crippen LogP contribution >= 0.6 is 0 Å². The van der Waals surface area contributed by atoms with Crippen molar-refractivity contribution >= 4 is 0 Å². The zero-order chi connectivity index (χ0) is 9.68. The van der Waals surface area contributed by atoms with Gasteiger partial charge in [0.2, 0.25) is 0 Å². The molecule has 0 amide bonds. The molecule has 0 aliphatic rings. The van der Waals surface area contributed by atoms with Crippen LogP contribution in [0.3, 0.4) is 0 Å². The van der Waals surface area contributed by atoms with Crippen molar-refractivity contribution in [1.29, 1.82) is 0 Å². The Balaban J connectivity index is 2.48. The lowest BCUT2D eigenvalue weighted by atomic mass is 10.6. The molecular formula is C8H15N3O2. The Bertz CT molecular complexity index is 260. The minimum atomic E-state index is 0.0352. The van der Waals surface area contributed by atoms with Crippen LogP contribution in [0.4, 0.5) is 0 Å². The summed E-state index contributed by atoms with van der Waals surface area (Å²) in [6.45, 7) is 5.48. The van der Waals surface area contributed by atoms with Crippen molar-refractivity contribution < 1.29 is 9.84 Å². The van der Waals surface area contributed by atoms with Crippen molar-refractivity contribution in [2.24, 2.45) is 0 Å². The summed E-state index contributed by atoms with van der Waals surface area (Å²) in [6.07, 6.45) is 0. The maximum absolute atomic E-state index is 8.48. The lowest BCUT2D eigenvalue weighted by molar-refractivity contribution is 0.0776. The molecule has 1 rings (SSSR count). The molecule has 0 aliphatic carbocycles. The third-order valence-electron chi connectivity index (χ3n) is 1.67. The lowest BCUT2D eigenvalue weighted by Gasteiger charge is -1.96. The Labute approximate surface area is 77.4 Å². The summed E-state index contributed by atoms with van der Waals surface area (Å²) in [4.78, 5) is 4.20. The number of nitrogens with zero attached hydrogens (tertiary/aromatic N) is 3. The lowest BCUT2D eigenvalue weighted by Crippen LogP contribution is -2.02. The first-order valence-electron chi connectivity index (χ1n) is 4.36.